The Morgan fingerprint density at radius 1 is 1.28 bits per heavy atom. The molecule has 0 spiro atoms. The zero-order valence-corrected chi connectivity index (χ0v) is 11.2. The normalized spacial score (nSPS) is 24.3. The van der Waals surface area contributed by atoms with Crippen molar-refractivity contribution in [2.75, 3.05) is 13.2 Å². The van der Waals surface area contributed by atoms with Crippen LogP contribution >= 0.6 is 0 Å². The van der Waals surface area contributed by atoms with Crippen molar-refractivity contribution in [3.8, 4) is 0 Å². The highest BCUT2D eigenvalue weighted by Crippen LogP contribution is 2.32. The smallest absolute Gasteiger partial charge is 0.226 e. The lowest BCUT2D eigenvalue weighted by Crippen LogP contribution is -2.31. The van der Waals surface area contributed by atoms with Gasteiger partial charge in [-0.15, -0.1) is 0 Å². The molecule has 5 heteroatoms. The largest absolute Gasteiger partial charge is 0.367 e. The summed E-state index contributed by atoms with van der Waals surface area (Å²) in [6.07, 6.45) is 7.32. The van der Waals surface area contributed by atoms with E-state index in [1.54, 1.807) is 0 Å². The summed E-state index contributed by atoms with van der Waals surface area (Å²) in [5.74, 6) is 1.42. The molecule has 0 aromatic carbocycles. The number of nitrogens with zero attached hydrogens (tertiary/aromatic N) is 2. The molecule has 1 atom stereocenters. The number of hydrogen-bond donors (Lipinski definition) is 1. The Kier molecular flexibility index (Phi) is 4.72. The van der Waals surface area contributed by atoms with Gasteiger partial charge >= 0.3 is 0 Å². The van der Waals surface area contributed by atoms with Crippen LogP contribution in [0, 0.1) is 0 Å². The van der Waals surface area contributed by atoms with Gasteiger partial charge < -0.3 is 15.0 Å². The van der Waals surface area contributed by atoms with Crippen LogP contribution in [0.5, 0.6) is 0 Å². The zero-order chi connectivity index (χ0) is 12.8. The van der Waals surface area contributed by atoms with Crippen LogP contribution < -0.4 is 5.73 Å². The highest BCUT2D eigenvalue weighted by molar-refractivity contribution is 5.00. The highest BCUT2D eigenvalue weighted by atomic mass is 16.5. The van der Waals surface area contributed by atoms with Crippen LogP contribution in [0.2, 0.25) is 0 Å². The number of aryl methyl sites for hydroxylation is 1. The molecule has 5 nitrogen and oxygen atoms in total. The molecule has 0 amide bonds. The van der Waals surface area contributed by atoms with Crippen molar-refractivity contribution < 1.29 is 9.26 Å². The third-order valence-corrected chi connectivity index (χ3v) is 3.50. The molecule has 1 saturated heterocycles. The number of rotatable bonds is 6. The van der Waals surface area contributed by atoms with E-state index in [0.29, 0.717) is 5.82 Å². The van der Waals surface area contributed by atoms with Crippen LogP contribution in [-0.4, -0.2) is 23.3 Å². The van der Waals surface area contributed by atoms with Gasteiger partial charge in [0, 0.05) is 13.0 Å². The second-order valence-corrected chi connectivity index (χ2v) is 5.15. The molecular formula is C13H23N3O2. The van der Waals surface area contributed by atoms with Crippen molar-refractivity contribution in [1.82, 2.24) is 10.1 Å². The van der Waals surface area contributed by atoms with Crippen molar-refractivity contribution in [2.24, 2.45) is 5.73 Å². The maximum Gasteiger partial charge on any atom is 0.226 e. The summed E-state index contributed by atoms with van der Waals surface area (Å²) < 4.78 is 11.1. The third kappa shape index (κ3) is 3.29. The topological polar surface area (TPSA) is 74.2 Å². The van der Waals surface area contributed by atoms with Crippen LogP contribution in [0.4, 0.5) is 0 Å². The number of aromatic nitrogens is 2. The van der Waals surface area contributed by atoms with Crippen molar-refractivity contribution in [3.63, 3.8) is 0 Å². The first kappa shape index (κ1) is 13.5. The van der Waals surface area contributed by atoms with Crippen LogP contribution in [-0.2, 0) is 16.8 Å². The molecular weight excluding hydrogens is 230 g/mol. The Hall–Kier alpha value is -0.940. The summed E-state index contributed by atoms with van der Waals surface area (Å²) in [5.41, 5.74) is 5.11. The Bertz CT molecular complexity index is 359. The predicted octanol–water partition coefficient (Wildman–Crippen LogP) is 2.16. The van der Waals surface area contributed by atoms with Crippen LogP contribution in [0.3, 0.4) is 0 Å². The van der Waals surface area contributed by atoms with Gasteiger partial charge in [-0.25, -0.2) is 0 Å². The summed E-state index contributed by atoms with van der Waals surface area (Å²) in [7, 11) is 0. The molecule has 18 heavy (non-hydrogen) atoms. The Labute approximate surface area is 108 Å². The molecule has 2 rings (SSSR count). The SMILES string of the molecule is CC1(c2noc(CCCCCN)n2)CCCCO1. The van der Waals surface area contributed by atoms with Gasteiger partial charge in [0.1, 0.15) is 5.60 Å². The van der Waals surface area contributed by atoms with Crippen LogP contribution in [0.25, 0.3) is 0 Å². The average Bonchev–Trinajstić information content (AvgIpc) is 2.85. The third-order valence-electron chi connectivity index (χ3n) is 3.50. The van der Waals surface area contributed by atoms with Gasteiger partial charge in [0.15, 0.2) is 0 Å². The molecule has 1 unspecified atom stereocenters. The average molecular weight is 253 g/mol. The molecule has 1 aromatic heterocycles. The standard InChI is InChI=1S/C13H23N3O2/c1-13(8-4-6-10-17-13)12-15-11(18-16-12)7-3-2-5-9-14/h2-10,14H2,1H3. The summed E-state index contributed by atoms with van der Waals surface area (Å²) in [4.78, 5) is 4.47. The van der Waals surface area contributed by atoms with Crippen molar-refractivity contribution in [3.05, 3.63) is 11.7 Å². The van der Waals surface area contributed by atoms with Gasteiger partial charge in [-0.2, -0.15) is 4.98 Å². The van der Waals surface area contributed by atoms with Gasteiger partial charge in [-0.05, 0) is 45.6 Å². The molecule has 1 fully saturated rings. The lowest BCUT2D eigenvalue weighted by Gasteiger charge is -2.30. The Morgan fingerprint density at radius 2 is 2.17 bits per heavy atom. The number of nitrogens with two attached hydrogens (primary N) is 1. The van der Waals surface area contributed by atoms with E-state index in [4.69, 9.17) is 15.0 Å². The van der Waals surface area contributed by atoms with Gasteiger partial charge in [0.25, 0.3) is 0 Å². The molecule has 1 aliphatic rings. The lowest BCUT2D eigenvalue weighted by atomic mass is 9.95. The van der Waals surface area contributed by atoms with E-state index in [1.807, 2.05) is 0 Å². The van der Waals surface area contributed by atoms with Crippen molar-refractivity contribution in [2.45, 2.75) is 57.5 Å². The Balaban J connectivity index is 1.88. The second kappa shape index (κ2) is 6.29. The fraction of sp³-hybridized carbons (Fsp3) is 0.846. The molecule has 0 radical (unpaired) electrons. The molecule has 1 aromatic rings. The van der Waals surface area contributed by atoms with Gasteiger partial charge in [-0.1, -0.05) is 11.6 Å². The predicted molar refractivity (Wildman–Crippen MR) is 68.1 cm³/mol. The first-order chi connectivity index (χ1) is 8.74. The molecule has 0 bridgehead atoms. The summed E-state index contributed by atoms with van der Waals surface area (Å²) in [6.45, 7) is 3.59. The summed E-state index contributed by atoms with van der Waals surface area (Å²) >= 11 is 0. The van der Waals surface area contributed by atoms with Crippen molar-refractivity contribution >= 4 is 0 Å². The van der Waals surface area contributed by atoms with Gasteiger partial charge in [0.05, 0.1) is 0 Å². The van der Waals surface area contributed by atoms with Gasteiger partial charge in [-0.3, -0.25) is 0 Å². The molecule has 2 heterocycles. The maximum absolute atomic E-state index is 5.81. The molecule has 2 N–H and O–H groups in total. The zero-order valence-electron chi connectivity index (χ0n) is 11.2. The van der Waals surface area contributed by atoms with E-state index in [2.05, 4.69) is 17.1 Å². The van der Waals surface area contributed by atoms with E-state index < -0.39 is 0 Å². The Morgan fingerprint density at radius 3 is 2.89 bits per heavy atom. The molecule has 0 aliphatic carbocycles. The molecule has 102 valence electrons. The molecule has 1 aliphatic heterocycles. The van der Waals surface area contributed by atoms with E-state index >= 15 is 0 Å². The second-order valence-electron chi connectivity index (χ2n) is 5.15. The maximum atomic E-state index is 5.81. The number of hydrogen-bond acceptors (Lipinski definition) is 5. The monoisotopic (exact) mass is 253 g/mol. The first-order valence-corrected chi connectivity index (χ1v) is 6.92. The van der Waals surface area contributed by atoms with E-state index in [1.165, 1.54) is 0 Å². The summed E-state index contributed by atoms with van der Waals surface area (Å²) in [6, 6.07) is 0. The first-order valence-electron chi connectivity index (χ1n) is 6.92. The van der Waals surface area contributed by atoms with E-state index in [9.17, 15) is 0 Å². The van der Waals surface area contributed by atoms with E-state index in [0.717, 1.165) is 64.0 Å². The lowest BCUT2D eigenvalue weighted by molar-refractivity contribution is -0.0770. The summed E-state index contributed by atoms with van der Waals surface area (Å²) in [5, 5.41) is 4.07. The number of ether oxygens (including phenoxy) is 1. The fourth-order valence-electron chi connectivity index (χ4n) is 2.28. The van der Waals surface area contributed by atoms with Crippen LogP contribution in [0.1, 0.15) is 57.2 Å². The van der Waals surface area contributed by atoms with Gasteiger partial charge in [0.2, 0.25) is 11.7 Å². The van der Waals surface area contributed by atoms with Crippen LogP contribution in [0.15, 0.2) is 4.52 Å². The minimum Gasteiger partial charge on any atom is -0.367 e. The highest BCUT2D eigenvalue weighted by Gasteiger charge is 2.34. The fourth-order valence-corrected chi connectivity index (χ4v) is 2.28. The van der Waals surface area contributed by atoms with Crippen molar-refractivity contribution in [1.29, 1.82) is 0 Å². The number of unbranched alkanes of at least 4 members (excludes halogenated alkanes) is 2. The quantitative estimate of drug-likeness (QED) is 0.786. The van der Waals surface area contributed by atoms with E-state index in [-0.39, 0.29) is 5.60 Å². The molecule has 0 saturated carbocycles. The minimum absolute atomic E-state index is 0.350. The minimum atomic E-state index is -0.350.